The molecule has 0 radical (unpaired) electrons. The molecule has 0 atom stereocenters. The van der Waals surface area contributed by atoms with Gasteiger partial charge >= 0.3 is 6.09 Å². The first kappa shape index (κ1) is 17.4. The minimum absolute atomic E-state index is 0.0128. The van der Waals surface area contributed by atoms with Crippen LogP contribution in [0.5, 0.6) is 0 Å². The van der Waals surface area contributed by atoms with Gasteiger partial charge in [-0.2, -0.15) is 0 Å². The minimum atomic E-state index is -0.446. The number of ether oxygens (including phenoxy) is 1. The second-order valence-electron chi connectivity index (χ2n) is 7.16. The monoisotopic (exact) mass is 321 g/mol. The van der Waals surface area contributed by atoms with E-state index in [-0.39, 0.29) is 11.7 Å². The molecular formula is C17H27N3O3. The van der Waals surface area contributed by atoms with Gasteiger partial charge in [-0.15, -0.1) is 0 Å². The zero-order valence-electron chi connectivity index (χ0n) is 14.5. The standard InChI is InChI=1S/C17H27N3O3/c1-17(2,3)23-16(22)20-9-7-13(8-10-20)11-18-14-5-6-15(21)19(4)12-14/h5-6,12-13,18H,7-11H2,1-4H3. The molecule has 0 unspecified atom stereocenters. The van der Waals surface area contributed by atoms with Crippen molar-refractivity contribution in [2.45, 2.75) is 39.2 Å². The van der Waals surface area contributed by atoms with Crippen LogP contribution in [0.15, 0.2) is 23.1 Å². The van der Waals surface area contributed by atoms with Crippen LogP contribution in [0, 0.1) is 5.92 Å². The van der Waals surface area contributed by atoms with E-state index in [0.717, 1.165) is 38.2 Å². The first-order valence-corrected chi connectivity index (χ1v) is 8.13. The Morgan fingerprint density at radius 2 is 1.96 bits per heavy atom. The molecule has 23 heavy (non-hydrogen) atoms. The van der Waals surface area contributed by atoms with Gasteiger partial charge in [0.1, 0.15) is 5.60 Å². The molecule has 6 nitrogen and oxygen atoms in total. The van der Waals surface area contributed by atoms with Crippen molar-refractivity contribution in [3.8, 4) is 0 Å². The number of rotatable bonds is 3. The number of carbonyl (C=O) groups excluding carboxylic acids is 1. The topological polar surface area (TPSA) is 63.6 Å². The van der Waals surface area contributed by atoms with Gasteiger partial charge in [-0.1, -0.05) is 0 Å². The lowest BCUT2D eigenvalue weighted by atomic mass is 9.97. The average molecular weight is 321 g/mol. The van der Waals surface area contributed by atoms with Gasteiger partial charge in [0.05, 0.1) is 5.69 Å². The van der Waals surface area contributed by atoms with Crippen molar-refractivity contribution in [1.82, 2.24) is 9.47 Å². The van der Waals surface area contributed by atoms with Crippen LogP contribution in [0.4, 0.5) is 10.5 Å². The number of pyridine rings is 1. The highest BCUT2D eigenvalue weighted by Gasteiger charge is 2.26. The van der Waals surface area contributed by atoms with Gasteiger partial charge < -0.3 is 19.5 Å². The summed E-state index contributed by atoms with van der Waals surface area (Å²) in [6, 6.07) is 3.37. The van der Waals surface area contributed by atoms with Crippen LogP contribution in [0.3, 0.4) is 0 Å². The zero-order valence-corrected chi connectivity index (χ0v) is 14.5. The highest BCUT2D eigenvalue weighted by molar-refractivity contribution is 5.68. The molecule has 1 N–H and O–H groups in total. The smallest absolute Gasteiger partial charge is 0.410 e. The van der Waals surface area contributed by atoms with Gasteiger partial charge in [-0.25, -0.2) is 4.79 Å². The fourth-order valence-electron chi connectivity index (χ4n) is 2.61. The van der Waals surface area contributed by atoms with Crippen molar-refractivity contribution in [3.63, 3.8) is 0 Å². The molecule has 0 aromatic carbocycles. The number of nitrogens with zero attached hydrogens (tertiary/aromatic N) is 2. The number of likely N-dealkylation sites (tertiary alicyclic amines) is 1. The molecule has 1 fully saturated rings. The van der Waals surface area contributed by atoms with Gasteiger partial charge in [-0.3, -0.25) is 4.79 Å². The van der Waals surface area contributed by atoms with E-state index in [1.807, 2.05) is 20.8 Å². The third-order valence-electron chi connectivity index (χ3n) is 3.95. The van der Waals surface area contributed by atoms with Crippen LogP contribution < -0.4 is 10.9 Å². The Labute approximate surface area is 137 Å². The fourth-order valence-corrected chi connectivity index (χ4v) is 2.61. The highest BCUT2D eigenvalue weighted by Crippen LogP contribution is 2.20. The number of carbonyl (C=O) groups is 1. The summed E-state index contributed by atoms with van der Waals surface area (Å²) >= 11 is 0. The Morgan fingerprint density at radius 3 is 2.52 bits per heavy atom. The predicted molar refractivity (Wildman–Crippen MR) is 90.7 cm³/mol. The quantitative estimate of drug-likeness (QED) is 0.929. The van der Waals surface area contributed by atoms with E-state index in [1.54, 1.807) is 34.8 Å². The molecule has 1 aliphatic heterocycles. The van der Waals surface area contributed by atoms with Gasteiger partial charge in [0.15, 0.2) is 0 Å². The van der Waals surface area contributed by atoms with E-state index in [0.29, 0.717) is 5.92 Å². The van der Waals surface area contributed by atoms with E-state index < -0.39 is 5.60 Å². The Kier molecular flexibility index (Phi) is 5.34. The summed E-state index contributed by atoms with van der Waals surface area (Å²) in [7, 11) is 1.74. The number of amides is 1. The lowest BCUT2D eigenvalue weighted by Gasteiger charge is -2.33. The van der Waals surface area contributed by atoms with Crippen molar-refractivity contribution in [2.75, 3.05) is 25.0 Å². The Hall–Kier alpha value is -1.98. The summed E-state index contributed by atoms with van der Waals surface area (Å²) in [5, 5.41) is 3.37. The maximum atomic E-state index is 12.0. The Morgan fingerprint density at radius 1 is 1.30 bits per heavy atom. The predicted octanol–water partition coefficient (Wildman–Crippen LogP) is 2.44. The maximum absolute atomic E-state index is 12.0. The fraction of sp³-hybridized carbons (Fsp3) is 0.647. The van der Waals surface area contributed by atoms with Crippen molar-refractivity contribution in [2.24, 2.45) is 13.0 Å². The Bertz CT molecular complexity index is 596. The van der Waals surface area contributed by atoms with E-state index >= 15 is 0 Å². The third kappa shape index (κ3) is 5.30. The summed E-state index contributed by atoms with van der Waals surface area (Å²) in [4.78, 5) is 25.2. The summed E-state index contributed by atoms with van der Waals surface area (Å²) < 4.78 is 6.97. The highest BCUT2D eigenvalue weighted by atomic mass is 16.6. The molecule has 1 saturated heterocycles. The molecule has 0 bridgehead atoms. The SMILES string of the molecule is Cn1cc(NCC2CCN(C(=O)OC(C)(C)C)CC2)ccc1=O. The molecule has 0 saturated carbocycles. The normalized spacial score (nSPS) is 16.3. The molecular weight excluding hydrogens is 294 g/mol. The van der Waals surface area contributed by atoms with Crippen molar-refractivity contribution in [3.05, 3.63) is 28.7 Å². The maximum Gasteiger partial charge on any atom is 0.410 e. The lowest BCUT2D eigenvalue weighted by molar-refractivity contribution is 0.0188. The molecule has 1 aromatic rings. The molecule has 2 heterocycles. The molecule has 6 heteroatoms. The molecule has 1 aliphatic rings. The third-order valence-corrected chi connectivity index (χ3v) is 3.95. The van der Waals surface area contributed by atoms with Crippen molar-refractivity contribution in [1.29, 1.82) is 0 Å². The van der Waals surface area contributed by atoms with Crippen LogP contribution in [-0.2, 0) is 11.8 Å². The van der Waals surface area contributed by atoms with Crippen molar-refractivity contribution >= 4 is 11.8 Å². The zero-order chi connectivity index (χ0) is 17.0. The molecule has 128 valence electrons. The molecule has 2 rings (SSSR count). The average Bonchev–Trinajstić information content (AvgIpc) is 2.47. The second-order valence-corrected chi connectivity index (χ2v) is 7.16. The Balaban J connectivity index is 1.77. The molecule has 1 aromatic heterocycles. The molecule has 0 spiro atoms. The summed E-state index contributed by atoms with van der Waals surface area (Å²) in [5.74, 6) is 0.519. The lowest BCUT2D eigenvalue weighted by Crippen LogP contribution is -2.42. The number of aryl methyl sites for hydroxylation is 1. The van der Waals surface area contributed by atoms with Crippen molar-refractivity contribution < 1.29 is 9.53 Å². The van der Waals surface area contributed by atoms with Crippen LogP contribution >= 0.6 is 0 Å². The molecule has 0 aliphatic carbocycles. The van der Waals surface area contributed by atoms with E-state index in [2.05, 4.69) is 5.32 Å². The first-order valence-electron chi connectivity index (χ1n) is 8.13. The summed E-state index contributed by atoms with van der Waals surface area (Å²) in [6.45, 7) is 7.96. The minimum Gasteiger partial charge on any atom is -0.444 e. The van der Waals surface area contributed by atoms with E-state index in [9.17, 15) is 9.59 Å². The van der Waals surface area contributed by atoms with Crippen LogP contribution in [0.2, 0.25) is 0 Å². The van der Waals surface area contributed by atoms with Gasteiger partial charge in [-0.05, 0) is 45.6 Å². The van der Waals surface area contributed by atoms with Gasteiger partial charge in [0.25, 0.3) is 0 Å². The number of aromatic nitrogens is 1. The number of piperidine rings is 1. The van der Waals surface area contributed by atoms with Crippen LogP contribution in [0.25, 0.3) is 0 Å². The van der Waals surface area contributed by atoms with Crippen LogP contribution in [0.1, 0.15) is 33.6 Å². The second kappa shape index (κ2) is 7.06. The number of hydrogen-bond acceptors (Lipinski definition) is 4. The number of hydrogen-bond donors (Lipinski definition) is 1. The largest absolute Gasteiger partial charge is 0.444 e. The van der Waals surface area contributed by atoms with Gasteiger partial charge in [0.2, 0.25) is 5.56 Å². The van der Waals surface area contributed by atoms with Crippen LogP contribution in [-0.4, -0.2) is 40.8 Å². The first-order chi connectivity index (χ1) is 10.7. The number of anilines is 1. The van der Waals surface area contributed by atoms with E-state index in [1.165, 1.54) is 0 Å². The number of nitrogens with one attached hydrogen (secondary N) is 1. The summed E-state index contributed by atoms with van der Waals surface area (Å²) in [5.41, 5.74) is 0.488. The summed E-state index contributed by atoms with van der Waals surface area (Å²) in [6.07, 6.45) is 3.50. The molecule has 1 amide bonds. The van der Waals surface area contributed by atoms with E-state index in [4.69, 9.17) is 4.74 Å². The van der Waals surface area contributed by atoms with Gasteiger partial charge in [0, 0.05) is 38.9 Å².